The highest BCUT2D eigenvalue weighted by atomic mass is 32.1. The third-order valence-corrected chi connectivity index (χ3v) is 2.56. The van der Waals surface area contributed by atoms with Crippen LogP contribution in [-0.4, -0.2) is 15.3 Å². The lowest BCUT2D eigenvalue weighted by Gasteiger charge is -2.00. The number of nitrogens with one attached hydrogen (secondary N) is 1. The molecule has 6 heteroatoms. The molecule has 1 N–H and O–H groups in total. The summed E-state index contributed by atoms with van der Waals surface area (Å²) in [5.74, 6) is -0.240. The van der Waals surface area contributed by atoms with Crippen molar-refractivity contribution in [2.24, 2.45) is 0 Å². The molecule has 0 fully saturated rings. The van der Waals surface area contributed by atoms with Gasteiger partial charge >= 0.3 is 0 Å². The fourth-order valence-electron chi connectivity index (χ4n) is 1.15. The molecule has 0 unspecified atom stereocenters. The van der Waals surface area contributed by atoms with Crippen molar-refractivity contribution in [3.8, 4) is 0 Å². The molecule has 0 saturated carbocycles. The van der Waals surface area contributed by atoms with Gasteiger partial charge in [0.15, 0.2) is 0 Å². The van der Waals surface area contributed by atoms with Crippen molar-refractivity contribution >= 4 is 22.6 Å². The second-order valence-electron chi connectivity index (χ2n) is 3.11. The molecule has 2 aromatic rings. The molecule has 2 rings (SSSR count). The summed E-state index contributed by atoms with van der Waals surface area (Å²) in [7, 11) is 0. The van der Waals surface area contributed by atoms with Crippen LogP contribution in [0.4, 0.5) is 9.52 Å². The van der Waals surface area contributed by atoms with Crippen LogP contribution in [0.3, 0.4) is 0 Å². The first-order valence-electron chi connectivity index (χ1n) is 4.52. The maximum atomic E-state index is 12.9. The number of benzene rings is 1. The molecule has 4 nitrogen and oxygen atoms in total. The molecule has 0 aliphatic rings. The molecule has 0 bridgehead atoms. The third-order valence-electron chi connectivity index (χ3n) is 1.83. The highest BCUT2D eigenvalue weighted by Gasteiger charge is 2.09. The molecule has 0 aliphatic heterocycles. The molecular weight excluding hydrogens is 229 g/mol. The first-order chi connectivity index (χ1) is 7.65. The summed E-state index contributed by atoms with van der Waals surface area (Å²) < 4.78 is 16.8. The van der Waals surface area contributed by atoms with Crippen molar-refractivity contribution in [3.63, 3.8) is 0 Å². The van der Waals surface area contributed by atoms with Crippen LogP contribution in [0.2, 0.25) is 0 Å². The Morgan fingerprint density at radius 1 is 1.50 bits per heavy atom. The lowest BCUT2D eigenvalue weighted by Crippen LogP contribution is -2.11. The van der Waals surface area contributed by atoms with Gasteiger partial charge in [0, 0.05) is 17.1 Å². The molecule has 1 aromatic carbocycles. The first-order valence-corrected chi connectivity index (χ1v) is 5.30. The molecule has 0 spiro atoms. The second kappa shape index (κ2) is 4.36. The van der Waals surface area contributed by atoms with Crippen molar-refractivity contribution in [2.45, 2.75) is 6.92 Å². The van der Waals surface area contributed by atoms with E-state index < -0.39 is 11.7 Å². The largest absolute Gasteiger partial charge is 0.297 e. The van der Waals surface area contributed by atoms with Gasteiger partial charge in [-0.05, 0) is 25.1 Å². The Hall–Kier alpha value is -1.82. The molecule has 0 aliphatic carbocycles. The quantitative estimate of drug-likeness (QED) is 0.871. The molecule has 0 saturated heterocycles. The van der Waals surface area contributed by atoms with Gasteiger partial charge in [0.05, 0.1) is 0 Å². The number of nitrogens with zero attached hydrogens (tertiary/aromatic N) is 2. The highest BCUT2D eigenvalue weighted by molar-refractivity contribution is 7.09. The second-order valence-corrected chi connectivity index (χ2v) is 3.86. The highest BCUT2D eigenvalue weighted by Crippen LogP contribution is 2.12. The van der Waals surface area contributed by atoms with Gasteiger partial charge in [0.1, 0.15) is 11.6 Å². The van der Waals surface area contributed by atoms with Crippen LogP contribution in [0.25, 0.3) is 0 Å². The van der Waals surface area contributed by atoms with E-state index in [-0.39, 0.29) is 5.56 Å². The predicted octanol–water partition coefficient (Wildman–Crippen LogP) is 2.24. The average Bonchev–Trinajstić information content (AvgIpc) is 2.64. The Balaban J connectivity index is 2.14. The van der Waals surface area contributed by atoms with Crippen LogP contribution >= 0.6 is 11.5 Å². The monoisotopic (exact) mass is 237 g/mol. The summed E-state index contributed by atoms with van der Waals surface area (Å²) >= 11 is 1.09. The van der Waals surface area contributed by atoms with Gasteiger partial charge in [0.25, 0.3) is 5.91 Å². The summed E-state index contributed by atoms with van der Waals surface area (Å²) in [6.07, 6.45) is 0. The van der Waals surface area contributed by atoms with E-state index in [1.165, 1.54) is 24.3 Å². The Morgan fingerprint density at radius 3 is 2.94 bits per heavy atom. The van der Waals surface area contributed by atoms with Crippen LogP contribution in [0.5, 0.6) is 0 Å². The van der Waals surface area contributed by atoms with Gasteiger partial charge in [-0.15, -0.1) is 0 Å². The zero-order valence-electron chi connectivity index (χ0n) is 8.40. The number of aromatic nitrogens is 2. The van der Waals surface area contributed by atoms with Crippen LogP contribution in [0, 0.1) is 12.7 Å². The number of amides is 1. The molecule has 0 atom stereocenters. The Kier molecular flexibility index (Phi) is 2.91. The first kappa shape index (κ1) is 10.7. The zero-order chi connectivity index (χ0) is 11.5. The summed E-state index contributed by atoms with van der Waals surface area (Å²) in [5.41, 5.74) is 0.257. The molecular formula is C10H8FN3OS. The topological polar surface area (TPSA) is 54.9 Å². The van der Waals surface area contributed by atoms with E-state index in [1.54, 1.807) is 6.92 Å². The molecule has 1 heterocycles. The minimum Gasteiger partial charge on any atom is -0.297 e. The molecule has 82 valence electrons. The van der Waals surface area contributed by atoms with Gasteiger partial charge < -0.3 is 0 Å². The smallest absolute Gasteiger partial charge is 0.257 e. The van der Waals surface area contributed by atoms with Crippen LogP contribution in [0.1, 0.15) is 16.2 Å². The minimum atomic E-state index is -0.443. The summed E-state index contributed by atoms with van der Waals surface area (Å²) in [5, 5.41) is 2.95. The third kappa shape index (κ3) is 2.40. The van der Waals surface area contributed by atoms with E-state index in [1.807, 2.05) is 0 Å². The minimum absolute atomic E-state index is 0.257. The van der Waals surface area contributed by atoms with Crippen molar-refractivity contribution in [3.05, 3.63) is 41.5 Å². The van der Waals surface area contributed by atoms with E-state index in [2.05, 4.69) is 14.7 Å². The Labute approximate surface area is 95.3 Å². The molecule has 1 aromatic heterocycles. The van der Waals surface area contributed by atoms with Crippen molar-refractivity contribution in [1.29, 1.82) is 0 Å². The molecule has 16 heavy (non-hydrogen) atoms. The van der Waals surface area contributed by atoms with Crippen molar-refractivity contribution < 1.29 is 9.18 Å². The van der Waals surface area contributed by atoms with Crippen LogP contribution in [0.15, 0.2) is 24.3 Å². The van der Waals surface area contributed by atoms with Gasteiger partial charge in [-0.3, -0.25) is 10.1 Å². The predicted molar refractivity (Wildman–Crippen MR) is 59.0 cm³/mol. The van der Waals surface area contributed by atoms with E-state index in [0.717, 1.165) is 11.5 Å². The number of anilines is 1. The van der Waals surface area contributed by atoms with Crippen molar-refractivity contribution in [2.75, 3.05) is 5.32 Å². The number of hydrogen-bond acceptors (Lipinski definition) is 4. The van der Waals surface area contributed by atoms with Crippen LogP contribution in [-0.2, 0) is 0 Å². The number of rotatable bonds is 2. The number of carbonyl (C=O) groups excluding carboxylic acids is 1. The Morgan fingerprint density at radius 2 is 2.31 bits per heavy atom. The number of halogens is 1. The maximum absolute atomic E-state index is 12.9. The summed E-state index contributed by atoms with van der Waals surface area (Å²) in [4.78, 5) is 15.6. The standard InChI is InChI=1S/C10H8FN3OS/c1-6-12-10(16-14-6)13-9(15)7-3-2-4-8(11)5-7/h2-5H,1H3,(H,12,13,14,15). The number of carbonyl (C=O) groups is 1. The fourth-order valence-corrected chi connectivity index (χ4v) is 1.72. The van der Waals surface area contributed by atoms with Gasteiger partial charge in [0.2, 0.25) is 5.13 Å². The lowest BCUT2D eigenvalue weighted by molar-refractivity contribution is 0.102. The number of aryl methyl sites for hydroxylation is 1. The van der Waals surface area contributed by atoms with E-state index in [9.17, 15) is 9.18 Å². The average molecular weight is 237 g/mol. The van der Waals surface area contributed by atoms with Gasteiger partial charge in [-0.25, -0.2) is 9.37 Å². The van der Waals surface area contributed by atoms with E-state index in [0.29, 0.717) is 11.0 Å². The molecule has 1 amide bonds. The summed E-state index contributed by atoms with van der Waals surface area (Å²) in [6, 6.07) is 5.47. The fraction of sp³-hybridized carbons (Fsp3) is 0.100. The SMILES string of the molecule is Cc1nsc(NC(=O)c2cccc(F)c2)n1. The maximum Gasteiger partial charge on any atom is 0.257 e. The zero-order valence-corrected chi connectivity index (χ0v) is 9.21. The van der Waals surface area contributed by atoms with Crippen LogP contribution < -0.4 is 5.32 Å². The summed E-state index contributed by atoms with van der Waals surface area (Å²) in [6.45, 7) is 1.73. The Bertz CT molecular complexity index is 526. The number of hydrogen-bond donors (Lipinski definition) is 1. The van der Waals surface area contributed by atoms with E-state index in [4.69, 9.17) is 0 Å². The lowest BCUT2D eigenvalue weighted by atomic mass is 10.2. The normalized spacial score (nSPS) is 10.1. The van der Waals surface area contributed by atoms with Gasteiger partial charge in [-0.2, -0.15) is 4.37 Å². The van der Waals surface area contributed by atoms with E-state index >= 15 is 0 Å². The van der Waals surface area contributed by atoms with Gasteiger partial charge in [-0.1, -0.05) is 6.07 Å². The van der Waals surface area contributed by atoms with Crippen molar-refractivity contribution in [1.82, 2.24) is 9.36 Å². The molecule has 0 radical (unpaired) electrons.